The number of carbonyl (C=O) groups is 1. The SMILES string of the molecule is CO/N=C(/C(=O)N1CCOC(COc2cccnc2Cl)C1)c1ccco1. The fraction of sp³-hybridized carbons (Fsp3) is 0.353. The van der Waals surface area contributed by atoms with E-state index in [-0.39, 0.29) is 29.5 Å². The second-order valence-corrected chi connectivity index (χ2v) is 5.81. The van der Waals surface area contributed by atoms with E-state index in [0.29, 0.717) is 31.2 Å². The minimum absolute atomic E-state index is 0.106. The summed E-state index contributed by atoms with van der Waals surface area (Å²) in [5, 5.41) is 4.09. The van der Waals surface area contributed by atoms with Gasteiger partial charge in [0.2, 0.25) is 5.71 Å². The van der Waals surface area contributed by atoms with Crippen LogP contribution in [0.1, 0.15) is 5.76 Å². The zero-order valence-corrected chi connectivity index (χ0v) is 14.9. The van der Waals surface area contributed by atoms with Gasteiger partial charge < -0.3 is 23.6 Å². The molecule has 0 radical (unpaired) electrons. The molecular weight excluding hydrogens is 362 g/mol. The maximum atomic E-state index is 12.8. The van der Waals surface area contributed by atoms with Gasteiger partial charge in [-0.2, -0.15) is 0 Å². The van der Waals surface area contributed by atoms with Gasteiger partial charge >= 0.3 is 0 Å². The average molecular weight is 380 g/mol. The van der Waals surface area contributed by atoms with Crippen LogP contribution in [-0.2, 0) is 14.4 Å². The number of ether oxygens (including phenoxy) is 2. The second-order valence-electron chi connectivity index (χ2n) is 5.45. The van der Waals surface area contributed by atoms with Crippen LogP contribution in [0, 0.1) is 0 Å². The number of hydrogen-bond acceptors (Lipinski definition) is 7. The summed E-state index contributed by atoms with van der Waals surface area (Å²) in [7, 11) is 1.38. The lowest BCUT2D eigenvalue weighted by molar-refractivity contribution is -0.132. The summed E-state index contributed by atoms with van der Waals surface area (Å²) < 4.78 is 16.6. The molecule has 0 N–H and O–H groups in total. The van der Waals surface area contributed by atoms with Gasteiger partial charge in [0, 0.05) is 12.7 Å². The smallest absolute Gasteiger partial charge is 0.279 e. The van der Waals surface area contributed by atoms with Crippen LogP contribution in [0.15, 0.2) is 46.3 Å². The predicted molar refractivity (Wildman–Crippen MR) is 93.3 cm³/mol. The fourth-order valence-corrected chi connectivity index (χ4v) is 2.68. The first kappa shape index (κ1) is 18.2. The zero-order chi connectivity index (χ0) is 18.4. The van der Waals surface area contributed by atoms with Crippen molar-refractivity contribution >= 4 is 23.2 Å². The second kappa shape index (κ2) is 8.68. The van der Waals surface area contributed by atoms with Crippen LogP contribution in [-0.4, -0.2) is 61.0 Å². The number of aromatic nitrogens is 1. The van der Waals surface area contributed by atoms with Crippen LogP contribution in [0.5, 0.6) is 5.75 Å². The van der Waals surface area contributed by atoms with Crippen molar-refractivity contribution in [3.63, 3.8) is 0 Å². The normalized spacial score (nSPS) is 17.8. The summed E-state index contributed by atoms with van der Waals surface area (Å²) in [6, 6.07) is 6.79. The number of hydrogen-bond donors (Lipinski definition) is 0. The van der Waals surface area contributed by atoms with Crippen molar-refractivity contribution in [2.24, 2.45) is 5.16 Å². The van der Waals surface area contributed by atoms with Crippen molar-refractivity contribution in [2.45, 2.75) is 6.10 Å². The molecule has 1 fully saturated rings. The summed E-state index contributed by atoms with van der Waals surface area (Å²) in [5.74, 6) is 0.520. The topological polar surface area (TPSA) is 86.4 Å². The quantitative estimate of drug-likeness (QED) is 0.433. The Kier molecular flexibility index (Phi) is 6.08. The number of morpholine rings is 1. The molecule has 9 heteroatoms. The van der Waals surface area contributed by atoms with Gasteiger partial charge in [0.15, 0.2) is 16.7 Å². The number of oxime groups is 1. The third kappa shape index (κ3) is 4.33. The number of carbonyl (C=O) groups excluding carboxylic acids is 1. The van der Waals surface area contributed by atoms with E-state index in [4.69, 9.17) is 30.3 Å². The molecule has 26 heavy (non-hydrogen) atoms. The molecule has 138 valence electrons. The molecule has 1 atom stereocenters. The molecule has 0 spiro atoms. The molecule has 8 nitrogen and oxygen atoms in total. The summed E-state index contributed by atoms with van der Waals surface area (Å²) in [6.45, 7) is 1.41. The molecule has 1 saturated heterocycles. The zero-order valence-electron chi connectivity index (χ0n) is 14.1. The highest BCUT2D eigenvalue weighted by atomic mass is 35.5. The van der Waals surface area contributed by atoms with E-state index < -0.39 is 0 Å². The van der Waals surface area contributed by atoms with Crippen LogP contribution >= 0.6 is 11.6 Å². The monoisotopic (exact) mass is 379 g/mol. The van der Waals surface area contributed by atoms with Crippen molar-refractivity contribution in [3.05, 3.63) is 47.6 Å². The number of rotatable bonds is 6. The summed E-state index contributed by atoms with van der Waals surface area (Å²) in [4.78, 5) is 23.2. The van der Waals surface area contributed by atoms with Gasteiger partial charge in [-0.25, -0.2) is 4.98 Å². The van der Waals surface area contributed by atoms with Crippen molar-refractivity contribution in [2.75, 3.05) is 33.4 Å². The largest absolute Gasteiger partial charge is 0.488 e. The lowest BCUT2D eigenvalue weighted by Gasteiger charge is -2.32. The van der Waals surface area contributed by atoms with Crippen LogP contribution < -0.4 is 4.74 Å². The number of pyridine rings is 1. The van der Waals surface area contributed by atoms with Crippen LogP contribution in [0.25, 0.3) is 0 Å². The van der Waals surface area contributed by atoms with Crippen molar-refractivity contribution < 1.29 is 23.5 Å². The summed E-state index contributed by atoms with van der Waals surface area (Å²) >= 11 is 5.97. The van der Waals surface area contributed by atoms with Crippen molar-refractivity contribution in [1.82, 2.24) is 9.88 Å². The molecule has 1 aliphatic rings. The summed E-state index contributed by atoms with van der Waals surface area (Å²) in [5.41, 5.74) is 0.106. The van der Waals surface area contributed by atoms with Gasteiger partial charge in [-0.1, -0.05) is 16.8 Å². The van der Waals surface area contributed by atoms with Crippen molar-refractivity contribution in [1.29, 1.82) is 0 Å². The standard InChI is InChI=1S/C17H18ClN3O5/c1-23-20-15(13-5-3-8-25-13)17(22)21-7-9-24-12(10-21)11-26-14-4-2-6-19-16(14)18/h2-6,8,12H,7,9-11H2,1H3/b20-15+. The third-order valence-electron chi connectivity index (χ3n) is 3.72. The number of furan rings is 1. The molecule has 0 aromatic carbocycles. The van der Waals surface area contributed by atoms with Gasteiger partial charge in [-0.05, 0) is 24.3 Å². The van der Waals surface area contributed by atoms with Crippen LogP contribution in [0.4, 0.5) is 0 Å². The molecule has 1 amide bonds. The average Bonchev–Trinajstić information content (AvgIpc) is 3.19. The lowest BCUT2D eigenvalue weighted by atomic mass is 10.2. The molecule has 3 heterocycles. The Morgan fingerprint density at radius 1 is 1.46 bits per heavy atom. The first-order valence-corrected chi connectivity index (χ1v) is 8.36. The first-order valence-electron chi connectivity index (χ1n) is 7.98. The third-order valence-corrected chi connectivity index (χ3v) is 4.00. The van der Waals surface area contributed by atoms with E-state index in [1.54, 1.807) is 35.4 Å². The van der Waals surface area contributed by atoms with E-state index >= 15 is 0 Å². The predicted octanol–water partition coefficient (Wildman–Crippen LogP) is 1.98. The Morgan fingerprint density at radius 3 is 3.08 bits per heavy atom. The lowest BCUT2D eigenvalue weighted by Crippen LogP contribution is -2.49. The molecule has 0 bridgehead atoms. The highest BCUT2D eigenvalue weighted by Crippen LogP contribution is 2.21. The molecule has 0 saturated carbocycles. The maximum absolute atomic E-state index is 12.8. The van der Waals surface area contributed by atoms with E-state index in [2.05, 4.69) is 10.1 Å². The Hall–Kier alpha value is -2.58. The fourth-order valence-electron chi connectivity index (χ4n) is 2.51. The first-order chi connectivity index (χ1) is 12.7. The van der Waals surface area contributed by atoms with Gasteiger partial charge in [0.1, 0.15) is 19.8 Å². The highest BCUT2D eigenvalue weighted by molar-refractivity contribution is 6.44. The number of nitrogens with zero attached hydrogens (tertiary/aromatic N) is 3. The van der Waals surface area contributed by atoms with E-state index in [0.717, 1.165) is 0 Å². The molecule has 2 aromatic heterocycles. The molecule has 1 unspecified atom stereocenters. The summed E-state index contributed by atoms with van der Waals surface area (Å²) in [6.07, 6.45) is 2.75. The van der Waals surface area contributed by atoms with Gasteiger partial charge in [0.25, 0.3) is 5.91 Å². The Labute approximate surface area is 155 Å². The van der Waals surface area contributed by atoms with E-state index in [1.807, 2.05) is 0 Å². The maximum Gasteiger partial charge on any atom is 0.279 e. The Morgan fingerprint density at radius 2 is 2.35 bits per heavy atom. The van der Waals surface area contributed by atoms with Crippen LogP contribution in [0.3, 0.4) is 0 Å². The highest BCUT2D eigenvalue weighted by Gasteiger charge is 2.30. The van der Waals surface area contributed by atoms with Gasteiger partial charge in [-0.3, -0.25) is 4.79 Å². The van der Waals surface area contributed by atoms with Crippen LogP contribution in [0.2, 0.25) is 5.15 Å². The van der Waals surface area contributed by atoms with E-state index in [9.17, 15) is 4.79 Å². The Bertz CT molecular complexity index is 766. The molecule has 2 aromatic rings. The number of amides is 1. The van der Waals surface area contributed by atoms with Crippen molar-refractivity contribution in [3.8, 4) is 5.75 Å². The number of halogens is 1. The van der Waals surface area contributed by atoms with Gasteiger partial charge in [0.05, 0.1) is 19.4 Å². The van der Waals surface area contributed by atoms with Gasteiger partial charge in [-0.15, -0.1) is 0 Å². The molecular formula is C17H18ClN3O5. The minimum Gasteiger partial charge on any atom is -0.488 e. The Balaban J connectivity index is 1.63. The molecule has 3 rings (SSSR count). The molecule has 0 aliphatic carbocycles. The van der Waals surface area contributed by atoms with E-state index in [1.165, 1.54) is 13.4 Å². The minimum atomic E-state index is -0.302. The molecule has 1 aliphatic heterocycles.